The Morgan fingerprint density at radius 3 is 2.44 bits per heavy atom. The molecule has 1 aromatic rings. The van der Waals surface area contributed by atoms with E-state index in [1.807, 2.05) is 0 Å². The molecule has 0 fully saturated rings. The zero-order chi connectivity index (χ0) is 13.9. The van der Waals surface area contributed by atoms with Gasteiger partial charge in [0.2, 0.25) is 0 Å². The average molecular weight is 265 g/mol. The van der Waals surface area contributed by atoms with Crippen molar-refractivity contribution < 1.29 is 32.7 Å². The lowest BCUT2D eigenvalue weighted by Crippen LogP contribution is -2.29. The summed E-state index contributed by atoms with van der Waals surface area (Å²) in [5, 5.41) is 22.3. The molecule has 0 atom stereocenters. The number of hydrogen-bond donors (Lipinski definition) is 1. The van der Waals surface area contributed by atoms with Gasteiger partial charge in [-0.05, 0) is 12.1 Å². The number of nitro groups is 1. The van der Waals surface area contributed by atoms with Gasteiger partial charge in [0.25, 0.3) is 5.69 Å². The Morgan fingerprint density at radius 2 is 2.00 bits per heavy atom. The van der Waals surface area contributed by atoms with E-state index in [2.05, 4.69) is 4.74 Å². The van der Waals surface area contributed by atoms with Crippen LogP contribution in [0, 0.1) is 10.1 Å². The Hall–Kier alpha value is -2.52. The minimum absolute atomic E-state index is 0.443. The van der Waals surface area contributed by atoms with Gasteiger partial charge in [0.15, 0.2) is 0 Å². The quantitative estimate of drug-likeness (QED) is 0.654. The summed E-state index contributed by atoms with van der Waals surface area (Å²) in [6.45, 7) is 0. The largest absolute Gasteiger partial charge is 0.573 e. The first-order chi connectivity index (χ1) is 8.19. The molecule has 0 unspecified atom stereocenters. The molecule has 18 heavy (non-hydrogen) atoms. The number of carboxylic acid groups (broad SMARTS) is 1. The Bertz CT molecular complexity index is 488. The average Bonchev–Trinajstić information content (AvgIpc) is 2.17. The molecule has 0 spiro atoms. The molecule has 0 aliphatic heterocycles. The Labute approximate surface area is 96.9 Å². The molecule has 0 radical (unpaired) electrons. The van der Waals surface area contributed by atoms with Gasteiger partial charge in [-0.15, -0.1) is 13.2 Å². The first kappa shape index (κ1) is 13.5. The molecule has 7 nitrogen and oxygen atoms in total. The van der Waals surface area contributed by atoms with Crippen molar-refractivity contribution in [1.29, 1.82) is 0 Å². The molecular weight excluding hydrogens is 261 g/mol. The fourth-order valence-corrected chi connectivity index (χ4v) is 1.08. The van der Waals surface area contributed by atoms with Gasteiger partial charge in [-0.3, -0.25) is 10.1 Å². The second-order valence-corrected chi connectivity index (χ2v) is 2.90. The van der Waals surface area contributed by atoms with Gasteiger partial charge >= 0.3 is 6.36 Å². The summed E-state index contributed by atoms with van der Waals surface area (Å²) in [4.78, 5) is 19.7. The summed E-state index contributed by atoms with van der Waals surface area (Å²) in [7, 11) is 0. The fourth-order valence-electron chi connectivity index (χ4n) is 1.08. The van der Waals surface area contributed by atoms with E-state index in [1.54, 1.807) is 5.32 Å². The molecule has 1 rings (SSSR count). The third-order valence-corrected chi connectivity index (χ3v) is 1.64. The topological polar surface area (TPSA) is 105 Å². The van der Waals surface area contributed by atoms with Crippen molar-refractivity contribution >= 4 is 17.5 Å². The van der Waals surface area contributed by atoms with Crippen LogP contribution in [-0.2, 0) is 0 Å². The summed E-state index contributed by atoms with van der Waals surface area (Å²) >= 11 is 0. The number of nitrogens with zero attached hydrogens (tertiary/aromatic N) is 1. The molecule has 98 valence electrons. The van der Waals surface area contributed by atoms with Crippen LogP contribution in [0.3, 0.4) is 0 Å². The van der Waals surface area contributed by atoms with Crippen LogP contribution in [0.2, 0.25) is 0 Å². The number of hydrogen-bond acceptors (Lipinski definition) is 5. The summed E-state index contributed by atoms with van der Waals surface area (Å²) in [5.41, 5.74) is -1.41. The number of rotatable bonds is 3. The third-order valence-electron chi connectivity index (χ3n) is 1.64. The number of anilines is 1. The number of carbonyl (C=O) groups is 1. The van der Waals surface area contributed by atoms with Gasteiger partial charge in [0.05, 0.1) is 11.0 Å². The van der Waals surface area contributed by atoms with E-state index < -0.39 is 34.5 Å². The number of halogens is 3. The molecular formula is C8H4F3N2O5-. The number of nitro benzene ring substituents is 1. The molecule has 0 aromatic heterocycles. The maximum absolute atomic E-state index is 11.9. The molecule has 1 N–H and O–H groups in total. The molecule has 0 aliphatic rings. The summed E-state index contributed by atoms with van der Waals surface area (Å²) in [5.74, 6) is -0.835. The fraction of sp³-hybridized carbons (Fsp3) is 0.125. The van der Waals surface area contributed by atoms with Crippen LogP contribution in [0.5, 0.6) is 5.75 Å². The van der Waals surface area contributed by atoms with E-state index >= 15 is 0 Å². The highest BCUT2D eigenvalue weighted by molar-refractivity contribution is 5.85. The monoisotopic (exact) mass is 265 g/mol. The van der Waals surface area contributed by atoms with Crippen molar-refractivity contribution in [2.24, 2.45) is 0 Å². The third kappa shape index (κ3) is 3.81. The van der Waals surface area contributed by atoms with E-state index in [4.69, 9.17) is 0 Å². The van der Waals surface area contributed by atoms with Gasteiger partial charge in [-0.1, -0.05) is 0 Å². The lowest BCUT2D eigenvalue weighted by molar-refractivity contribution is -0.384. The number of nitrogens with one attached hydrogen (secondary N) is 1. The summed E-state index contributed by atoms with van der Waals surface area (Å²) in [6.07, 6.45) is -6.83. The van der Waals surface area contributed by atoms with Crippen LogP contribution < -0.4 is 15.2 Å². The smallest absolute Gasteiger partial charge is 0.530 e. The highest BCUT2D eigenvalue weighted by atomic mass is 19.4. The minimum Gasteiger partial charge on any atom is -0.530 e. The highest BCUT2D eigenvalue weighted by Crippen LogP contribution is 2.31. The maximum Gasteiger partial charge on any atom is 0.573 e. The van der Waals surface area contributed by atoms with Gasteiger partial charge < -0.3 is 20.0 Å². The van der Waals surface area contributed by atoms with Crippen molar-refractivity contribution in [2.45, 2.75) is 6.36 Å². The van der Waals surface area contributed by atoms with Crippen LogP contribution in [-0.4, -0.2) is 17.4 Å². The van der Waals surface area contributed by atoms with E-state index in [-0.39, 0.29) is 0 Å². The molecule has 0 bridgehead atoms. The standard InChI is InChI=1S/C8H5F3N2O5/c9-8(10,11)18-4-1-2-5(12-7(14)15)6(3-4)13(16)17/h1-3,12H,(H,14,15)/p-1. The zero-order valence-corrected chi connectivity index (χ0v) is 8.35. The normalized spacial score (nSPS) is 10.8. The Kier molecular flexibility index (Phi) is 3.59. The second-order valence-electron chi connectivity index (χ2n) is 2.90. The van der Waals surface area contributed by atoms with Gasteiger partial charge in [0.1, 0.15) is 17.5 Å². The van der Waals surface area contributed by atoms with Crippen LogP contribution >= 0.6 is 0 Å². The van der Waals surface area contributed by atoms with Crippen LogP contribution in [0.15, 0.2) is 18.2 Å². The first-order valence-electron chi connectivity index (χ1n) is 4.21. The van der Waals surface area contributed by atoms with Crippen molar-refractivity contribution in [2.75, 3.05) is 5.32 Å². The number of ether oxygens (including phenoxy) is 1. The van der Waals surface area contributed by atoms with E-state index in [1.165, 1.54) is 0 Å². The minimum atomic E-state index is -5.00. The van der Waals surface area contributed by atoms with Crippen molar-refractivity contribution in [3.63, 3.8) is 0 Å². The van der Waals surface area contributed by atoms with Crippen molar-refractivity contribution in [3.05, 3.63) is 28.3 Å². The summed E-state index contributed by atoms with van der Waals surface area (Å²) in [6, 6.07) is 1.93. The SMILES string of the molecule is O=C([O-])Nc1ccc(OC(F)(F)F)cc1[N+](=O)[O-]. The number of amides is 1. The van der Waals surface area contributed by atoms with E-state index in [0.717, 1.165) is 12.1 Å². The molecule has 10 heteroatoms. The number of carbonyl (C=O) groups excluding carboxylic acids is 1. The molecule has 1 amide bonds. The summed E-state index contributed by atoms with van der Waals surface area (Å²) < 4.78 is 39.1. The van der Waals surface area contributed by atoms with Gasteiger partial charge in [0, 0.05) is 0 Å². The van der Waals surface area contributed by atoms with Gasteiger partial charge in [-0.2, -0.15) is 0 Å². The number of alkyl halides is 3. The lowest BCUT2D eigenvalue weighted by Gasteiger charge is -2.11. The molecule has 1 aromatic carbocycles. The van der Waals surface area contributed by atoms with Crippen molar-refractivity contribution in [3.8, 4) is 5.75 Å². The van der Waals surface area contributed by atoms with E-state index in [0.29, 0.717) is 6.07 Å². The van der Waals surface area contributed by atoms with Crippen molar-refractivity contribution in [1.82, 2.24) is 0 Å². The zero-order valence-electron chi connectivity index (χ0n) is 8.35. The maximum atomic E-state index is 11.9. The number of benzene rings is 1. The first-order valence-corrected chi connectivity index (χ1v) is 4.21. The Morgan fingerprint density at radius 1 is 1.39 bits per heavy atom. The van der Waals surface area contributed by atoms with Gasteiger partial charge in [-0.25, -0.2) is 0 Å². The molecule has 0 saturated carbocycles. The van der Waals surface area contributed by atoms with Crippen LogP contribution in [0.1, 0.15) is 0 Å². The van der Waals surface area contributed by atoms with E-state index in [9.17, 15) is 33.2 Å². The molecule has 0 aliphatic carbocycles. The lowest BCUT2D eigenvalue weighted by atomic mass is 10.2. The van der Waals surface area contributed by atoms with Crippen LogP contribution in [0.4, 0.5) is 29.3 Å². The molecule has 0 heterocycles. The highest BCUT2D eigenvalue weighted by Gasteiger charge is 2.32. The Balaban J connectivity index is 3.11. The predicted molar refractivity (Wildman–Crippen MR) is 48.8 cm³/mol. The second kappa shape index (κ2) is 4.77. The van der Waals surface area contributed by atoms with Crippen LogP contribution in [0.25, 0.3) is 0 Å². The predicted octanol–water partition coefficient (Wildman–Crippen LogP) is 1.25. The molecule has 0 saturated heterocycles.